The molecule has 2 aromatic rings. The first kappa shape index (κ1) is 13.8. The van der Waals surface area contributed by atoms with E-state index in [0.29, 0.717) is 5.56 Å². The van der Waals surface area contributed by atoms with Crippen molar-refractivity contribution in [3.05, 3.63) is 70.8 Å². The predicted molar refractivity (Wildman–Crippen MR) is 82.2 cm³/mol. The largest absolute Gasteiger partial charge is 0.394 e. The van der Waals surface area contributed by atoms with Crippen LogP contribution in [0.25, 0.3) is 0 Å². The number of hydrogen-bond acceptors (Lipinski definition) is 2. The lowest BCUT2D eigenvalue weighted by Crippen LogP contribution is -2.30. The fourth-order valence-corrected chi connectivity index (χ4v) is 2.87. The zero-order valence-corrected chi connectivity index (χ0v) is 11.9. The molecule has 3 heteroatoms. The molecule has 0 fully saturated rings. The first-order chi connectivity index (χ1) is 10.3. The van der Waals surface area contributed by atoms with Gasteiger partial charge in [0.05, 0.1) is 12.6 Å². The molecular weight excluding hydrogens is 262 g/mol. The highest BCUT2D eigenvalue weighted by Crippen LogP contribution is 2.23. The molecule has 0 radical (unpaired) electrons. The Hall–Kier alpha value is -2.13. The van der Waals surface area contributed by atoms with Gasteiger partial charge in [0, 0.05) is 5.56 Å². The van der Waals surface area contributed by atoms with Crippen molar-refractivity contribution in [2.24, 2.45) is 0 Å². The van der Waals surface area contributed by atoms with E-state index in [1.807, 2.05) is 48.5 Å². The van der Waals surface area contributed by atoms with Gasteiger partial charge in [0.25, 0.3) is 5.91 Å². The first-order valence-electron chi connectivity index (χ1n) is 7.36. The van der Waals surface area contributed by atoms with Crippen LogP contribution in [0.1, 0.15) is 39.5 Å². The second kappa shape index (κ2) is 6.10. The topological polar surface area (TPSA) is 49.3 Å². The van der Waals surface area contributed by atoms with E-state index < -0.39 is 0 Å². The van der Waals surface area contributed by atoms with Gasteiger partial charge in [-0.3, -0.25) is 4.79 Å². The highest BCUT2D eigenvalue weighted by molar-refractivity contribution is 5.94. The van der Waals surface area contributed by atoms with Crippen LogP contribution in [-0.2, 0) is 12.8 Å². The molecule has 1 aliphatic rings. The summed E-state index contributed by atoms with van der Waals surface area (Å²) in [6, 6.07) is 15.1. The number of amides is 1. The molecule has 3 rings (SSSR count). The zero-order valence-electron chi connectivity index (χ0n) is 11.9. The van der Waals surface area contributed by atoms with Gasteiger partial charge in [-0.2, -0.15) is 0 Å². The summed E-state index contributed by atoms with van der Waals surface area (Å²) in [6.45, 7) is -0.110. The summed E-state index contributed by atoms with van der Waals surface area (Å²) < 4.78 is 0. The van der Waals surface area contributed by atoms with Gasteiger partial charge in [0.2, 0.25) is 0 Å². The fourth-order valence-electron chi connectivity index (χ4n) is 2.87. The third-order valence-corrected chi connectivity index (χ3v) is 4.05. The van der Waals surface area contributed by atoms with Crippen LogP contribution in [-0.4, -0.2) is 17.6 Å². The minimum absolute atomic E-state index is 0.110. The lowest BCUT2D eigenvalue weighted by molar-refractivity contribution is 0.0916. The lowest BCUT2D eigenvalue weighted by Gasteiger charge is -2.17. The smallest absolute Gasteiger partial charge is 0.251 e. The van der Waals surface area contributed by atoms with E-state index in [1.165, 1.54) is 17.5 Å². The number of hydrogen-bond donors (Lipinski definition) is 2. The second-order valence-electron chi connectivity index (χ2n) is 5.46. The molecule has 21 heavy (non-hydrogen) atoms. The number of aryl methyl sites for hydroxylation is 2. The number of benzene rings is 2. The Balaban J connectivity index is 1.76. The Morgan fingerprint density at radius 1 is 1.10 bits per heavy atom. The van der Waals surface area contributed by atoms with Crippen molar-refractivity contribution < 1.29 is 9.90 Å². The van der Waals surface area contributed by atoms with Crippen molar-refractivity contribution in [2.45, 2.75) is 25.3 Å². The average molecular weight is 281 g/mol. The third kappa shape index (κ3) is 2.98. The minimum atomic E-state index is -0.369. The van der Waals surface area contributed by atoms with Gasteiger partial charge in [0.15, 0.2) is 0 Å². The molecule has 3 nitrogen and oxygen atoms in total. The van der Waals surface area contributed by atoms with E-state index >= 15 is 0 Å². The number of nitrogens with one attached hydrogen (secondary N) is 1. The molecule has 0 heterocycles. The van der Waals surface area contributed by atoms with Crippen molar-refractivity contribution in [1.82, 2.24) is 5.32 Å². The molecule has 2 aromatic carbocycles. The Kier molecular flexibility index (Phi) is 4.02. The van der Waals surface area contributed by atoms with Gasteiger partial charge in [-0.15, -0.1) is 0 Å². The van der Waals surface area contributed by atoms with Crippen molar-refractivity contribution in [1.29, 1.82) is 0 Å². The monoisotopic (exact) mass is 281 g/mol. The van der Waals surface area contributed by atoms with E-state index in [2.05, 4.69) is 5.32 Å². The number of aliphatic hydroxyl groups excluding tert-OH is 1. The van der Waals surface area contributed by atoms with Gasteiger partial charge in [0.1, 0.15) is 0 Å². The molecular formula is C18H19NO2. The summed E-state index contributed by atoms with van der Waals surface area (Å²) in [5.74, 6) is -0.132. The van der Waals surface area contributed by atoms with Crippen LogP contribution in [0.4, 0.5) is 0 Å². The maximum absolute atomic E-state index is 12.4. The van der Waals surface area contributed by atoms with E-state index in [4.69, 9.17) is 0 Å². The van der Waals surface area contributed by atoms with Gasteiger partial charge in [-0.1, -0.05) is 36.4 Å². The SMILES string of the molecule is O=C(NC(CO)c1ccccc1)c1ccc2c(c1)CCC2. The van der Waals surface area contributed by atoms with Crippen molar-refractivity contribution in [2.75, 3.05) is 6.61 Å². The summed E-state index contributed by atoms with van der Waals surface area (Å²) in [4.78, 5) is 12.4. The van der Waals surface area contributed by atoms with Gasteiger partial charge >= 0.3 is 0 Å². The Bertz CT molecular complexity index is 637. The Labute approximate surface area is 124 Å². The van der Waals surface area contributed by atoms with E-state index in [1.54, 1.807) is 0 Å². The maximum atomic E-state index is 12.4. The standard InChI is InChI=1S/C18H19NO2/c20-12-17(14-5-2-1-3-6-14)19-18(21)16-10-9-13-7-4-8-15(13)11-16/h1-3,5-6,9-11,17,20H,4,7-8,12H2,(H,19,21). The van der Waals surface area contributed by atoms with Gasteiger partial charge < -0.3 is 10.4 Å². The van der Waals surface area contributed by atoms with E-state index in [-0.39, 0.29) is 18.6 Å². The molecule has 2 N–H and O–H groups in total. The number of rotatable bonds is 4. The van der Waals surface area contributed by atoms with Crippen LogP contribution in [0.3, 0.4) is 0 Å². The van der Waals surface area contributed by atoms with Crippen LogP contribution >= 0.6 is 0 Å². The van der Waals surface area contributed by atoms with Crippen LogP contribution < -0.4 is 5.32 Å². The molecule has 0 bridgehead atoms. The summed E-state index contributed by atoms with van der Waals surface area (Å²) in [7, 11) is 0. The fraction of sp³-hybridized carbons (Fsp3) is 0.278. The van der Waals surface area contributed by atoms with E-state index in [0.717, 1.165) is 18.4 Å². The van der Waals surface area contributed by atoms with Crippen molar-refractivity contribution in [3.8, 4) is 0 Å². The van der Waals surface area contributed by atoms with Gasteiger partial charge in [-0.25, -0.2) is 0 Å². The van der Waals surface area contributed by atoms with Crippen molar-refractivity contribution in [3.63, 3.8) is 0 Å². The summed E-state index contributed by atoms with van der Waals surface area (Å²) in [5.41, 5.74) is 4.22. The van der Waals surface area contributed by atoms with Crippen molar-refractivity contribution >= 4 is 5.91 Å². The molecule has 1 atom stereocenters. The summed E-state index contributed by atoms with van der Waals surface area (Å²) in [5, 5.41) is 12.4. The molecule has 108 valence electrons. The zero-order chi connectivity index (χ0) is 14.7. The average Bonchev–Trinajstić information content (AvgIpc) is 3.00. The summed E-state index contributed by atoms with van der Waals surface area (Å²) in [6.07, 6.45) is 3.34. The lowest BCUT2D eigenvalue weighted by atomic mass is 10.0. The molecule has 0 aliphatic heterocycles. The minimum Gasteiger partial charge on any atom is -0.394 e. The third-order valence-electron chi connectivity index (χ3n) is 4.05. The molecule has 1 aliphatic carbocycles. The molecule has 1 unspecified atom stereocenters. The van der Waals surface area contributed by atoms with Crippen LogP contribution in [0.2, 0.25) is 0 Å². The summed E-state index contributed by atoms with van der Waals surface area (Å²) >= 11 is 0. The number of carbonyl (C=O) groups is 1. The highest BCUT2D eigenvalue weighted by Gasteiger charge is 2.17. The Morgan fingerprint density at radius 3 is 2.62 bits per heavy atom. The molecule has 0 saturated carbocycles. The normalized spacial score (nSPS) is 14.5. The highest BCUT2D eigenvalue weighted by atomic mass is 16.3. The van der Waals surface area contributed by atoms with Crippen LogP contribution in [0, 0.1) is 0 Å². The number of fused-ring (bicyclic) bond motifs is 1. The second-order valence-corrected chi connectivity index (χ2v) is 5.46. The number of aliphatic hydroxyl groups is 1. The number of carbonyl (C=O) groups excluding carboxylic acids is 1. The molecule has 0 aromatic heterocycles. The molecule has 1 amide bonds. The first-order valence-corrected chi connectivity index (χ1v) is 7.36. The Morgan fingerprint density at radius 2 is 1.86 bits per heavy atom. The van der Waals surface area contributed by atoms with Gasteiger partial charge in [-0.05, 0) is 48.1 Å². The van der Waals surface area contributed by atoms with Crippen LogP contribution in [0.5, 0.6) is 0 Å². The maximum Gasteiger partial charge on any atom is 0.251 e. The predicted octanol–water partition coefficient (Wildman–Crippen LogP) is 2.64. The quantitative estimate of drug-likeness (QED) is 0.905. The van der Waals surface area contributed by atoms with Crippen LogP contribution in [0.15, 0.2) is 48.5 Å². The molecule has 0 spiro atoms. The molecule has 0 saturated heterocycles. The van der Waals surface area contributed by atoms with E-state index in [9.17, 15) is 9.90 Å².